The molecule has 0 fully saturated rings. The molecule has 0 amide bonds. The lowest BCUT2D eigenvalue weighted by molar-refractivity contribution is 0.630. The molecule has 0 aliphatic carbocycles. The van der Waals surface area contributed by atoms with E-state index in [-0.39, 0.29) is 5.82 Å². The molecule has 1 heterocycles. The second kappa shape index (κ2) is 4.71. The fourth-order valence-corrected chi connectivity index (χ4v) is 2.07. The first kappa shape index (κ1) is 11.4. The van der Waals surface area contributed by atoms with Crippen LogP contribution in [0.3, 0.4) is 0 Å². The molecule has 0 bridgehead atoms. The van der Waals surface area contributed by atoms with Crippen LogP contribution >= 0.6 is 23.1 Å². The molecule has 0 saturated heterocycles. The molecule has 4 heteroatoms. The summed E-state index contributed by atoms with van der Waals surface area (Å²) in [6.45, 7) is 5.90. The Balaban J connectivity index is 0.000000461. The Hall–Kier alpha value is -0.670. The first-order valence-corrected chi connectivity index (χ1v) is 5.54. The molecule has 1 aromatic carbocycles. The van der Waals surface area contributed by atoms with Crippen LogP contribution in [0.5, 0.6) is 0 Å². The first-order valence-electron chi connectivity index (χ1n) is 4.39. The molecule has 14 heavy (non-hydrogen) atoms. The minimum absolute atomic E-state index is 0.309. The zero-order valence-corrected chi connectivity index (χ0v) is 9.84. The van der Waals surface area contributed by atoms with E-state index in [1.54, 1.807) is 0 Å². The van der Waals surface area contributed by atoms with Crippen LogP contribution in [0.4, 0.5) is 4.39 Å². The molecule has 0 N–H and O–H groups in total. The lowest BCUT2D eigenvalue weighted by atomic mass is 10.2. The molecule has 0 aliphatic rings. The average Bonchev–Trinajstić information content (AvgIpc) is 2.52. The highest BCUT2D eigenvalue weighted by molar-refractivity contribution is 7.07. The summed E-state index contributed by atoms with van der Waals surface area (Å²) >= 11 is 7.12. The fraction of sp³-hybridized carbons (Fsp3) is 0.300. The van der Waals surface area contributed by atoms with E-state index >= 15 is 0 Å². The SMILES string of the molecule is CC.Cc1snc2c(Cl)cc(F)cc12. The van der Waals surface area contributed by atoms with Gasteiger partial charge < -0.3 is 0 Å². The summed E-state index contributed by atoms with van der Waals surface area (Å²) < 4.78 is 16.9. The van der Waals surface area contributed by atoms with Gasteiger partial charge >= 0.3 is 0 Å². The van der Waals surface area contributed by atoms with E-state index in [0.29, 0.717) is 10.5 Å². The third kappa shape index (κ3) is 2.04. The van der Waals surface area contributed by atoms with E-state index in [4.69, 9.17) is 11.6 Å². The Kier molecular flexibility index (Phi) is 3.84. The van der Waals surface area contributed by atoms with Crippen molar-refractivity contribution < 1.29 is 4.39 Å². The van der Waals surface area contributed by atoms with Gasteiger partial charge in [-0.05, 0) is 30.6 Å². The van der Waals surface area contributed by atoms with Gasteiger partial charge in [0.15, 0.2) is 0 Å². The van der Waals surface area contributed by atoms with Gasteiger partial charge in [0.2, 0.25) is 0 Å². The van der Waals surface area contributed by atoms with E-state index in [0.717, 1.165) is 10.3 Å². The van der Waals surface area contributed by atoms with E-state index in [1.165, 1.54) is 23.7 Å². The number of hydrogen-bond donors (Lipinski definition) is 0. The summed E-state index contributed by atoms with van der Waals surface area (Å²) in [7, 11) is 0. The molecule has 2 aromatic rings. The molecule has 2 rings (SSSR count). The zero-order chi connectivity index (χ0) is 10.7. The quantitative estimate of drug-likeness (QED) is 0.654. The van der Waals surface area contributed by atoms with E-state index < -0.39 is 0 Å². The smallest absolute Gasteiger partial charge is 0.125 e. The highest BCUT2D eigenvalue weighted by Gasteiger charge is 2.07. The van der Waals surface area contributed by atoms with Crippen molar-refractivity contribution in [2.24, 2.45) is 0 Å². The second-order valence-corrected chi connectivity index (χ2v) is 3.91. The van der Waals surface area contributed by atoms with Gasteiger partial charge in [-0.3, -0.25) is 0 Å². The van der Waals surface area contributed by atoms with Crippen LogP contribution in [0, 0.1) is 12.7 Å². The monoisotopic (exact) mass is 231 g/mol. The van der Waals surface area contributed by atoms with Crippen LogP contribution in [-0.2, 0) is 0 Å². The normalized spacial score (nSPS) is 9.79. The maximum absolute atomic E-state index is 12.8. The molecule has 0 spiro atoms. The summed E-state index contributed by atoms with van der Waals surface area (Å²) in [5.74, 6) is -0.309. The molecule has 0 atom stereocenters. The predicted octanol–water partition coefficient (Wildman–Crippen LogP) is 4.42. The van der Waals surface area contributed by atoms with Gasteiger partial charge in [0, 0.05) is 10.3 Å². The molecule has 1 nitrogen and oxygen atoms in total. The van der Waals surface area contributed by atoms with Gasteiger partial charge in [-0.1, -0.05) is 25.4 Å². The Morgan fingerprint density at radius 1 is 1.36 bits per heavy atom. The highest BCUT2D eigenvalue weighted by atomic mass is 35.5. The number of fused-ring (bicyclic) bond motifs is 1. The summed E-state index contributed by atoms with van der Waals surface area (Å²) in [6.07, 6.45) is 0. The molecule has 0 unspecified atom stereocenters. The van der Waals surface area contributed by atoms with E-state index in [1.807, 2.05) is 20.8 Å². The summed E-state index contributed by atoms with van der Waals surface area (Å²) in [5.41, 5.74) is 0.695. The topological polar surface area (TPSA) is 12.9 Å². The molecule has 0 radical (unpaired) electrons. The molecular formula is C10H11ClFNS. The number of aromatic nitrogens is 1. The molecule has 1 aromatic heterocycles. The van der Waals surface area contributed by atoms with Crippen LogP contribution in [-0.4, -0.2) is 4.37 Å². The van der Waals surface area contributed by atoms with Gasteiger partial charge in [0.05, 0.1) is 5.02 Å². The third-order valence-corrected chi connectivity index (χ3v) is 2.74. The van der Waals surface area contributed by atoms with Gasteiger partial charge in [-0.2, -0.15) is 4.37 Å². The van der Waals surface area contributed by atoms with Crippen LogP contribution in [0.25, 0.3) is 10.9 Å². The molecular weight excluding hydrogens is 221 g/mol. The molecule has 0 aliphatic heterocycles. The summed E-state index contributed by atoms with van der Waals surface area (Å²) in [5, 5.41) is 1.19. The minimum atomic E-state index is -0.309. The van der Waals surface area contributed by atoms with Crippen LogP contribution in [0.2, 0.25) is 5.02 Å². The van der Waals surface area contributed by atoms with Crippen molar-refractivity contribution in [3.8, 4) is 0 Å². The lowest BCUT2D eigenvalue weighted by Crippen LogP contribution is -1.76. The van der Waals surface area contributed by atoms with Crippen LogP contribution in [0.15, 0.2) is 12.1 Å². The average molecular weight is 232 g/mol. The third-order valence-electron chi connectivity index (χ3n) is 1.68. The van der Waals surface area contributed by atoms with Crippen molar-refractivity contribution in [1.29, 1.82) is 0 Å². The summed E-state index contributed by atoms with van der Waals surface area (Å²) in [6, 6.07) is 2.74. The zero-order valence-electron chi connectivity index (χ0n) is 8.27. The Bertz CT molecular complexity index is 439. The van der Waals surface area contributed by atoms with Gasteiger partial charge in [-0.15, -0.1) is 0 Å². The number of hydrogen-bond acceptors (Lipinski definition) is 2. The van der Waals surface area contributed by atoms with Crippen LogP contribution < -0.4 is 0 Å². The molecule has 0 saturated carbocycles. The van der Waals surface area contributed by atoms with Gasteiger partial charge in [0.1, 0.15) is 11.3 Å². The van der Waals surface area contributed by atoms with Gasteiger partial charge in [0.25, 0.3) is 0 Å². The second-order valence-electron chi connectivity index (χ2n) is 2.52. The Morgan fingerprint density at radius 3 is 2.64 bits per heavy atom. The number of benzene rings is 1. The number of nitrogens with zero attached hydrogens (tertiary/aromatic N) is 1. The van der Waals surface area contributed by atoms with Crippen molar-refractivity contribution in [3.05, 3.63) is 27.8 Å². The maximum Gasteiger partial charge on any atom is 0.125 e. The molecule has 76 valence electrons. The first-order chi connectivity index (χ1) is 6.68. The minimum Gasteiger partial charge on any atom is -0.207 e. The number of halogens is 2. The number of rotatable bonds is 0. The Morgan fingerprint density at radius 2 is 2.00 bits per heavy atom. The van der Waals surface area contributed by atoms with E-state index in [2.05, 4.69) is 4.37 Å². The van der Waals surface area contributed by atoms with Crippen molar-refractivity contribution >= 4 is 34.0 Å². The maximum atomic E-state index is 12.8. The Labute approximate surface area is 91.7 Å². The fourth-order valence-electron chi connectivity index (χ4n) is 1.09. The van der Waals surface area contributed by atoms with Crippen molar-refractivity contribution in [3.63, 3.8) is 0 Å². The van der Waals surface area contributed by atoms with Crippen LogP contribution in [0.1, 0.15) is 18.7 Å². The lowest BCUT2D eigenvalue weighted by Gasteiger charge is -1.93. The van der Waals surface area contributed by atoms with Crippen molar-refractivity contribution in [1.82, 2.24) is 4.37 Å². The predicted molar refractivity (Wildman–Crippen MR) is 60.7 cm³/mol. The van der Waals surface area contributed by atoms with Gasteiger partial charge in [-0.25, -0.2) is 4.39 Å². The summed E-state index contributed by atoms with van der Waals surface area (Å²) in [4.78, 5) is 0.992. The van der Waals surface area contributed by atoms with E-state index in [9.17, 15) is 4.39 Å². The van der Waals surface area contributed by atoms with Crippen molar-refractivity contribution in [2.75, 3.05) is 0 Å². The standard InChI is InChI=1S/C8H5ClFNS.C2H6/c1-4-6-2-5(10)3-7(9)8(6)11-12-4;1-2/h2-3H,1H3;1-2H3. The van der Waals surface area contributed by atoms with Crippen molar-refractivity contribution in [2.45, 2.75) is 20.8 Å². The highest BCUT2D eigenvalue weighted by Crippen LogP contribution is 2.28. The number of aryl methyl sites for hydroxylation is 1. The largest absolute Gasteiger partial charge is 0.207 e.